The van der Waals surface area contributed by atoms with Crippen LogP contribution < -0.4 is 44.4 Å². The highest BCUT2D eigenvalue weighted by molar-refractivity contribution is 7.86. The summed E-state index contributed by atoms with van der Waals surface area (Å²) in [6, 6.07) is 32.7. The van der Waals surface area contributed by atoms with Crippen molar-refractivity contribution in [1.82, 2.24) is 15.0 Å². The molecule has 522 valence electrons. The zero-order valence-electron chi connectivity index (χ0n) is 57.2. The molecule has 0 unspecified atom stereocenters. The van der Waals surface area contributed by atoms with Crippen LogP contribution in [0.15, 0.2) is 144 Å². The first-order valence-electron chi connectivity index (χ1n) is 32.2. The smallest absolute Gasteiger partial charge is 0.297 e. The van der Waals surface area contributed by atoms with Gasteiger partial charge in [0.2, 0.25) is 17.3 Å². The van der Waals surface area contributed by atoms with Gasteiger partial charge in [0.25, 0.3) is 27.8 Å². The fourth-order valence-corrected chi connectivity index (χ4v) is 14.5. The number of amides is 3. The Bertz CT molecular complexity index is 4480. The number of nitrogens with zero attached hydrogens (tertiary/aromatic N) is 11. The summed E-state index contributed by atoms with van der Waals surface area (Å²) in [7, 11) is -3.64. The number of aryl methyl sites for hydroxylation is 4. The van der Waals surface area contributed by atoms with Crippen molar-refractivity contribution in [1.29, 1.82) is 0 Å². The average Bonchev–Trinajstić information content (AvgIpc) is 1.60. The SMILES string of the molecule is Cc1ccc(S(=O)(=O)O[C@@H]2CCOC2)cc1.[C-]#[N+]c1ccc(N2C(=O)C(C)(C)N(c3ccc(=O)[nH]c3)C2=S)cc1C.[C-]#[N+]c1ccc(N2C(=O)C(C)(C)N(c3ccc(O[C@H]4CCOC4)nc3)C2=S)cc1C.[C-]#[N+]c1ccc(N2C(=O)C(C)(C)N(c3ccc(O[C@H]4CCOC4)nc3)C2=S)cc1C. The Morgan fingerprint density at radius 3 is 1.14 bits per heavy atom. The summed E-state index contributed by atoms with van der Waals surface area (Å²) < 4.78 is 56.1. The number of rotatable bonds is 13. The van der Waals surface area contributed by atoms with Gasteiger partial charge in [-0.15, -0.1) is 0 Å². The molecule has 13 rings (SSSR count). The monoisotopic (exact) mass is 1440 g/mol. The topological polar surface area (TPSA) is 232 Å². The number of aromatic nitrogens is 3. The molecule has 6 aliphatic heterocycles. The number of carbonyl (C=O) groups is 3. The van der Waals surface area contributed by atoms with E-state index in [1.54, 1.807) is 132 Å². The minimum absolute atomic E-state index is 0.0198. The quantitative estimate of drug-likeness (QED) is 0.0642. The third-order valence-electron chi connectivity index (χ3n) is 17.5. The van der Waals surface area contributed by atoms with E-state index < -0.39 is 26.7 Å². The summed E-state index contributed by atoms with van der Waals surface area (Å²) in [5.74, 6) is 0.604. The number of H-pyrrole nitrogens is 1. The van der Waals surface area contributed by atoms with E-state index in [-0.39, 0.29) is 46.5 Å². The first-order valence-corrected chi connectivity index (χ1v) is 34.8. The number of anilines is 6. The van der Waals surface area contributed by atoms with Crippen molar-refractivity contribution in [3.8, 4) is 11.8 Å². The number of hydrogen-bond donors (Lipinski definition) is 1. The first kappa shape index (κ1) is 73.8. The molecule has 3 amide bonds. The Labute approximate surface area is 602 Å². The molecule has 6 saturated heterocycles. The van der Waals surface area contributed by atoms with E-state index in [1.165, 1.54) is 20.8 Å². The highest BCUT2D eigenvalue weighted by Gasteiger charge is 2.53. The summed E-state index contributed by atoms with van der Waals surface area (Å²) in [5.41, 5.74) is 6.16. The largest absolute Gasteiger partial charge is 0.472 e. The number of pyridine rings is 3. The fraction of sp³-hybridized carbons (Fsp3) is 0.342. The number of benzene rings is 4. The van der Waals surface area contributed by atoms with Gasteiger partial charge in [0, 0.05) is 67.3 Å². The standard InChI is InChI=1S/2C22H22N4O3S.C18H16N4O2S.C11H14O4S/c2*1-14-11-15(5-7-18(14)23-4)25-20(27)22(2,3)26(21(25)30)16-6-8-19(24-12-16)29-17-9-10-28-13-17;1-11-9-12(5-7-14(11)19-4)21-16(24)18(2,3)22(17(21)25)13-6-8-15(23)20-10-13;1-9-2-4-11(5-3-9)16(12,13)15-10-6-7-14-8-10/h2*5-8,11-12,17H,9-10,13H2,1-3H3;5-10H,1-3H3,(H,20,23);2-5,10H,6-8H2,1H3/t2*17-;;10-/m00.1/s1. The molecule has 3 aromatic heterocycles. The highest BCUT2D eigenvalue weighted by Crippen LogP contribution is 2.41. The van der Waals surface area contributed by atoms with Gasteiger partial charge in [-0.2, -0.15) is 8.42 Å². The molecule has 0 radical (unpaired) electrons. The molecule has 6 aliphatic rings. The van der Waals surface area contributed by atoms with E-state index in [2.05, 4.69) is 29.5 Å². The number of hydrogen-bond acceptors (Lipinski definition) is 17. The van der Waals surface area contributed by atoms with Crippen LogP contribution in [0.5, 0.6) is 11.8 Å². The van der Waals surface area contributed by atoms with Crippen molar-refractivity contribution in [3.63, 3.8) is 0 Å². The maximum atomic E-state index is 13.3. The van der Waals surface area contributed by atoms with Gasteiger partial charge in [-0.1, -0.05) is 35.9 Å². The molecule has 1 N–H and O–H groups in total. The third-order valence-corrected chi connectivity index (χ3v) is 19.9. The highest BCUT2D eigenvalue weighted by atomic mass is 32.2. The average molecular weight is 1440 g/mol. The summed E-state index contributed by atoms with van der Waals surface area (Å²) in [5, 5.41) is 1.08. The minimum Gasteiger partial charge on any atom is -0.472 e. The number of aromatic amines is 1. The second-order valence-electron chi connectivity index (χ2n) is 25.9. The predicted octanol–water partition coefficient (Wildman–Crippen LogP) is 12.7. The lowest BCUT2D eigenvalue weighted by Crippen LogP contribution is -2.44. The van der Waals surface area contributed by atoms with Crippen molar-refractivity contribution in [2.75, 3.05) is 69.0 Å². The molecule has 0 spiro atoms. The van der Waals surface area contributed by atoms with Crippen molar-refractivity contribution in [2.45, 2.75) is 128 Å². The molecule has 0 bridgehead atoms. The van der Waals surface area contributed by atoms with Crippen LogP contribution >= 0.6 is 36.7 Å². The molecular weight excluding hydrogens is 1370 g/mol. The lowest BCUT2D eigenvalue weighted by atomic mass is 10.0. The molecule has 7 aromatic rings. The molecule has 6 fully saturated rings. The van der Waals surface area contributed by atoms with E-state index in [0.717, 1.165) is 35.1 Å². The van der Waals surface area contributed by atoms with E-state index in [0.29, 0.717) is 124 Å². The Hall–Kier alpha value is -9.93. The van der Waals surface area contributed by atoms with Crippen LogP contribution in [0.3, 0.4) is 0 Å². The van der Waals surface area contributed by atoms with Crippen LogP contribution in [-0.2, 0) is 42.9 Å². The van der Waals surface area contributed by atoms with Crippen LogP contribution in [0.2, 0.25) is 0 Å². The van der Waals surface area contributed by atoms with Crippen LogP contribution in [0.4, 0.5) is 51.2 Å². The fourth-order valence-electron chi connectivity index (χ4n) is 11.9. The number of thiocarbonyl (C=S) groups is 3. The van der Waals surface area contributed by atoms with Gasteiger partial charge < -0.3 is 43.4 Å². The van der Waals surface area contributed by atoms with Crippen LogP contribution in [-0.4, -0.2) is 131 Å². The zero-order chi connectivity index (χ0) is 72.9. The molecule has 9 heterocycles. The van der Waals surface area contributed by atoms with Gasteiger partial charge in [0.05, 0.1) is 87.1 Å². The van der Waals surface area contributed by atoms with Crippen LogP contribution in [0.1, 0.15) is 83.1 Å². The lowest BCUT2D eigenvalue weighted by molar-refractivity contribution is -0.121. The predicted molar refractivity (Wildman–Crippen MR) is 396 cm³/mol. The van der Waals surface area contributed by atoms with Gasteiger partial charge in [0.15, 0.2) is 32.4 Å². The van der Waals surface area contributed by atoms with Crippen molar-refractivity contribution in [2.24, 2.45) is 0 Å². The molecule has 3 atom stereocenters. The molecule has 101 heavy (non-hydrogen) atoms. The summed E-state index contributed by atoms with van der Waals surface area (Å²) in [6.45, 7) is 43.4. The van der Waals surface area contributed by atoms with Crippen molar-refractivity contribution < 1.29 is 50.7 Å². The van der Waals surface area contributed by atoms with E-state index in [1.807, 2.05) is 79.7 Å². The van der Waals surface area contributed by atoms with Gasteiger partial charge in [-0.05, 0) is 189 Å². The van der Waals surface area contributed by atoms with Gasteiger partial charge in [-0.3, -0.25) is 38.1 Å². The Balaban J connectivity index is 0.000000148. The van der Waals surface area contributed by atoms with Crippen LogP contribution in [0, 0.1) is 47.4 Å². The summed E-state index contributed by atoms with van der Waals surface area (Å²) >= 11 is 17.0. The summed E-state index contributed by atoms with van der Waals surface area (Å²) in [6.07, 6.45) is 6.91. The Kier molecular flexibility index (Phi) is 22.3. The molecule has 0 saturated carbocycles. The molecular formula is C73H74N12O12S4. The Morgan fingerprint density at radius 1 is 0.485 bits per heavy atom. The van der Waals surface area contributed by atoms with E-state index >= 15 is 0 Å². The number of nitrogens with one attached hydrogen (secondary N) is 1. The van der Waals surface area contributed by atoms with Crippen molar-refractivity contribution in [3.05, 3.63) is 201 Å². The molecule has 4 aromatic carbocycles. The zero-order valence-corrected chi connectivity index (χ0v) is 60.5. The lowest BCUT2D eigenvalue weighted by Gasteiger charge is -2.29. The third kappa shape index (κ3) is 15.7. The number of ether oxygens (including phenoxy) is 5. The second kappa shape index (κ2) is 30.5. The second-order valence-corrected chi connectivity index (χ2v) is 28.5. The van der Waals surface area contributed by atoms with Gasteiger partial charge in [-0.25, -0.2) is 24.5 Å². The van der Waals surface area contributed by atoms with E-state index in [9.17, 15) is 27.6 Å². The van der Waals surface area contributed by atoms with Crippen molar-refractivity contribution >= 4 is 131 Å². The van der Waals surface area contributed by atoms with Gasteiger partial charge >= 0.3 is 0 Å². The van der Waals surface area contributed by atoms with Gasteiger partial charge in [0.1, 0.15) is 34.9 Å². The normalized spacial score (nSPS) is 19.6. The molecule has 0 aliphatic carbocycles. The molecule has 24 nitrogen and oxygen atoms in total. The maximum absolute atomic E-state index is 13.3. The minimum atomic E-state index is -3.64. The summed E-state index contributed by atoms with van der Waals surface area (Å²) in [4.78, 5) is 82.7. The number of carbonyl (C=O) groups excluding carboxylic acids is 3. The maximum Gasteiger partial charge on any atom is 0.297 e. The van der Waals surface area contributed by atoms with E-state index in [4.69, 9.17) is 84.2 Å². The first-order chi connectivity index (χ1) is 48.0. The van der Waals surface area contributed by atoms with Crippen LogP contribution in [0.25, 0.3) is 14.5 Å². The Morgan fingerprint density at radius 2 is 0.832 bits per heavy atom. The molecule has 28 heteroatoms.